The molecule has 0 spiro atoms. The zero-order valence-corrected chi connectivity index (χ0v) is 9.99. The number of hydrogen-bond acceptors (Lipinski definition) is 7. The van der Waals surface area contributed by atoms with Gasteiger partial charge in [-0.25, -0.2) is 4.68 Å². The normalized spacial score (nSPS) is 10.9. The van der Waals surface area contributed by atoms with Crippen molar-refractivity contribution in [3.05, 3.63) is 23.7 Å². The lowest BCUT2D eigenvalue weighted by atomic mass is 10.3. The first-order chi connectivity index (χ1) is 8.72. The van der Waals surface area contributed by atoms with Crippen LogP contribution >= 0.6 is 11.6 Å². The number of aliphatic hydroxyl groups excluding tert-OH is 2. The van der Waals surface area contributed by atoms with Gasteiger partial charge in [-0.2, -0.15) is 20.1 Å². The summed E-state index contributed by atoms with van der Waals surface area (Å²) in [6.07, 6.45) is 3.24. The molecule has 0 aromatic carbocycles. The molecule has 0 saturated heterocycles. The lowest BCUT2D eigenvalue weighted by molar-refractivity contribution is 0.203. The van der Waals surface area contributed by atoms with Crippen LogP contribution in [0.25, 0.3) is 5.95 Å². The summed E-state index contributed by atoms with van der Waals surface area (Å²) in [5.41, 5.74) is 0. The number of anilines is 1. The number of rotatable bonds is 5. The maximum absolute atomic E-state index is 8.97. The van der Waals surface area contributed by atoms with Gasteiger partial charge in [-0.1, -0.05) is 0 Å². The van der Waals surface area contributed by atoms with Crippen molar-refractivity contribution in [3.8, 4) is 5.95 Å². The van der Waals surface area contributed by atoms with Gasteiger partial charge in [0.2, 0.25) is 11.2 Å². The van der Waals surface area contributed by atoms with Gasteiger partial charge in [-0.3, -0.25) is 0 Å². The van der Waals surface area contributed by atoms with Gasteiger partial charge in [0, 0.05) is 12.4 Å². The Balaban J connectivity index is 2.27. The highest BCUT2D eigenvalue weighted by molar-refractivity contribution is 6.28. The molecule has 0 aliphatic heterocycles. The summed E-state index contributed by atoms with van der Waals surface area (Å²) in [4.78, 5) is 11.8. The highest BCUT2D eigenvalue weighted by Crippen LogP contribution is 2.09. The van der Waals surface area contributed by atoms with Gasteiger partial charge < -0.3 is 15.5 Å². The molecule has 3 N–H and O–H groups in total. The Kier molecular flexibility index (Phi) is 4.03. The minimum absolute atomic E-state index is 0.00682. The van der Waals surface area contributed by atoms with Gasteiger partial charge in [-0.05, 0) is 17.7 Å². The molecule has 18 heavy (non-hydrogen) atoms. The van der Waals surface area contributed by atoms with E-state index in [9.17, 15) is 0 Å². The molecule has 0 fully saturated rings. The average Bonchev–Trinajstić information content (AvgIpc) is 2.89. The van der Waals surface area contributed by atoms with Crippen molar-refractivity contribution >= 4 is 17.5 Å². The molecule has 2 rings (SSSR count). The molecule has 0 bridgehead atoms. The number of aromatic nitrogens is 5. The predicted octanol–water partition coefficient (Wildman–Crippen LogP) is -0.524. The zero-order valence-electron chi connectivity index (χ0n) is 9.23. The van der Waals surface area contributed by atoms with Crippen molar-refractivity contribution in [1.29, 1.82) is 0 Å². The first-order valence-corrected chi connectivity index (χ1v) is 5.50. The SMILES string of the molecule is OCC(CO)Nc1nc(Cl)nc(-n2cccn2)n1. The van der Waals surface area contributed by atoms with Crippen LogP contribution in [0, 0.1) is 0 Å². The summed E-state index contributed by atoms with van der Waals surface area (Å²) in [6.45, 7) is -0.506. The second-order valence-corrected chi connectivity index (χ2v) is 3.72. The average molecular weight is 271 g/mol. The third kappa shape index (κ3) is 2.92. The zero-order chi connectivity index (χ0) is 13.0. The van der Waals surface area contributed by atoms with E-state index in [4.69, 9.17) is 21.8 Å². The molecule has 0 unspecified atom stereocenters. The van der Waals surface area contributed by atoms with Crippen LogP contribution in [-0.4, -0.2) is 54.2 Å². The molecule has 9 heteroatoms. The lowest BCUT2D eigenvalue weighted by Gasteiger charge is -2.13. The maximum atomic E-state index is 8.97. The van der Waals surface area contributed by atoms with Gasteiger partial charge in [0.15, 0.2) is 0 Å². The molecular weight excluding hydrogens is 260 g/mol. The molecular formula is C9H11ClN6O2. The van der Waals surface area contributed by atoms with Crippen LogP contribution in [0.4, 0.5) is 5.95 Å². The second-order valence-electron chi connectivity index (χ2n) is 3.39. The van der Waals surface area contributed by atoms with E-state index < -0.39 is 6.04 Å². The van der Waals surface area contributed by atoms with E-state index in [0.29, 0.717) is 0 Å². The van der Waals surface area contributed by atoms with E-state index >= 15 is 0 Å². The van der Waals surface area contributed by atoms with Crippen LogP contribution < -0.4 is 5.32 Å². The number of aliphatic hydroxyl groups is 2. The van der Waals surface area contributed by atoms with Crippen molar-refractivity contribution in [2.75, 3.05) is 18.5 Å². The fraction of sp³-hybridized carbons (Fsp3) is 0.333. The number of nitrogens with zero attached hydrogens (tertiary/aromatic N) is 5. The quantitative estimate of drug-likeness (QED) is 0.670. The van der Waals surface area contributed by atoms with Crippen LogP contribution in [0.15, 0.2) is 18.5 Å². The third-order valence-corrected chi connectivity index (χ3v) is 2.25. The van der Waals surface area contributed by atoms with Crippen molar-refractivity contribution in [3.63, 3.8) is 0 Å². The molecule has 0 saturated carbocycles. The predicted molar refractivity (Wildman–Crippen MR) is 63.5 cm³/mol. The summed E-state index contributed by atoms with van der Waals surface area (Å²) in [5, 5.41) is 24.6. The Labute approximate surface area is 107 Å². The summed E-state index contributed by atoms with van der Waals surface area (Å²) in [5.74, 6) is 0.408. The molecule has 2 aromatic heterocycles. The van der Waals surface area contributed by atoms with Gasteiger partial charge in [0.1, 0.15) is 0 Å². The summed E-state index contributed by atoms with van der Waals surface area (Å²) >= 11 is 5.77. The van der Waals surface area contributed by atoms with Gasteiger partial charge in [-0.15, -0.1) is 0 Å². The highest BCUT2D eigenvalue weighted by atomic mass is 35.5. The van der Waals surface area contributed by atoms with E-state index in [1.807, 2.05) is 0 Å². The third-order valence-electron chi connectivity index (χ3n) is 2.08. The van der Waals surface area contributed by atoms with E-state index in [0.717, 1.165) is 0 Å². The van der Waals surface area contributed by atoms with E-state index in [1.165, 1.54) is 4.68 Å². The van der Waals surface area contributed by atoms with Gasteiger partial charge in [0.05, 0.1) is 19.3 Å². The van der Waals surface area contributed by atoms with Crippen LogP contribution in [0.3, 0.4) is 0 Å². The van der Waals surface area contributed by atoms with E-state index in [2.05, 4.69) is 25.4 Å². The van der Waals surface area contributed by atoms with Crippen LogP contribution in [0.1, 0.15) is 0 Å². The molecule has 96 valence electrons. The lowest BCUT2D eigenvalue weighted by Crippen LogP contribution is -2.29. The molecule has 8 nitrogen and oxygen atoms in total. The van der Waals surface area contributed by atoms with E-state index in [-0.39, 0.29) is 30.4 Å². The molecule has 0 aliphatic carbocycles. The maximum Gasteiger partial charge on any atom is 0.256 e. The molecule has 0 atom stereocenters. The standard InChI is InChI=1S/C9H11ClN6O2/c10-7-13-8(12-6(4-17)5-18)15-9(14-7)16-3-1-2-11-16/h1-3,6,17-18H,4-5H2,(H,12,13,14,15). The first-order valence-electron chi connectivity index (χ1n) is 5.12. The monoisotopic (exact) mass is 270 g/mol. The smallest absolute Gasteiger partial charge is 0.256 e. The highest BCUT2D eigenvalue weighted by Gasteiger charge is 2.11. The fourth-order valence-corrected chi connectivity index (χ4v) is 1.38. The Bertz CT molecular complexity index is 502. The van der Waals surface area contributed by atoms with E-state index in [1.54, 1.807) is 18.5 Å². The van der Waals surface area contributed by atoms with Crippen molar-refractivity contribution < 1.29 is 10.2 Å². The summed E-state index contributed by atoms with van der Waals surface area (Å²) in [7, 11) is 0. The van der Waals surface area contributed by atoms with Crippen LogP contribution in [0.2, 0.25) is 5.28 Å². The minimum Gasteiger partial charge on any atom is -0.394 e. The summed E-state index contributed by atoms with van der Waals surface area (Å²) < 4.78 is 1.42. The Morgan fingerprint density at radius 2 is 2.06 bits per heavy atom. The largest absolute Gasteiger partial charge is 0.394 e. The summed E-state index contributed by atoms with van der Waals surface area (Å²) in [6, 6.07) is 1.16. The van der Waals surface area contributed by atoms with Crippen molar-refractivity contribution in [1.82, 2.24) is 24.7 Å². The fourth-order valence-electron chi connectivity index (χ4n) is 1.23. The second kappa shape index (κ2) is 5.71. The molecule has 0 aliphatic rings. The van der Waals surface area contributed by atoms with Gasteiger partial charge >= 0.3 is 0 Å². The van der Waals surface area contributed by atoms with Gasteiger partial charge in [0.25, 0.3) is 5.95 Å². The molecule has 0 radical (unpaired) electrons. The first kappa shape index (κ1) is 12.7. The minimum atomic E-state index is -0.561. The Morgan fingerprint density at radius 1 is 1.28 bits per heavy atom. The van der Waals surface area contributed by atoms with Crippen LogP contribution in [-0.2, 0) is 0 Å². The van der Waals surface area contributed by atoms with Crippen molar-refractivity contribution in [2.24, 2.45) is 0 Å². The number of nitrogens with one attached hydrogen (secondary N) is 1. The molecule has 2 aromatic rings. The van der Waals surface area contributed by atoms with Crippen LogP contribution in [0.5, 0.6) is 0 Å². The number of halogens is 1. The Morgan fingerprint density at radius 3 is 2.67 bits per heavy atom. The number of hydrogen-bond donors (Lipinski definition) is 3. The molecule has 2 heterocycles. The van der Waals surface area contributed by atoms with Crippen molar-refractivity contribution in [2.45, 2.75) is 6.04 Å². The topological polar surface area (TPSA) is 109 Å². The Hall–Kier alpha value is -1.77. The molecule has 0 amide bonds.